The van der Waals surface area contributed by atoms with E-state index in [-0.39, 0.29) is 36.0 Å². The van der Waals surface area contributed by atoms with E-state index in [9.17, 15) is 24.6 Å². The highest BCUT2D eigenvalue weighted by molar-refractivity contribution is 8.04. The van der Waals surface area contributed by atoms with E-state index >= 15 is 0 Å². The number of rotatable bonds is 14. The van der Waals surface area contributed by atoms with Crippen molar-refractivity contribution in [1.29, 1.82) is 0 Å². The van der Waals surface area contributed by atoms with Crippen LogP contribution in [0.5, 0.6) is 0 Å². The van der Waals surface area contributed by atoms with Crippen molar-refractivity contribution in [3.63, 3.8) is 0 Å². The molecule has 0 aliphatic heterocycles. The molecule has 0 radical (unpaired) electrons. The van der Waals surface area contributed by atoms with Gasteiger partial charge in [-0.1, -0.05) is 43.4 Å². The van der Waals surface area contributed by atoms with E-state index in [0.29, 0.717) is 24.2 Å². The topological polar surface area (TPSA) is 110 Å². The lowest BCUT2D eigenvalue weighted by atomic mass is 9.88. The smallest absolute Gasteiger partial charge is 0.305 e. The summed E-state index contributed by atoms with van der Waals surface area (Å²) in [5.74, 6) is 4.97. The fourth-order valence-corrected chi connectivity index (χ4v) is 5.67. The third-order valence-electron chi connectivity index (χ3n) is 6.73. The minimum absolute atomic E-state index is 0.129. The Labute approximate surface area is 219 Å². The largest absolute Gasteiger partial charge is 0.469 e. The zero-order chi connectivity index (χ0) is 26.3. The van der Waals surface area contributed by atoms with Gasteiger partial charge in [-0.2, -0.15) is 0 Å². The molecule has 0 saturated heterocycles. The number of aliphatic hydroxyl groups is 2. The summed E-state index contributed by atoms with van der Waals surface area (Å²) < 4.78 is 9.26. The Kier molecular flexibility index (Phi) is 13.9. The molecule has 2 aliphatic rings. The van der Waals surface area contributed by atoms with Gasteiger partial charge in [0.05, 0.1) is 26.2 Å². The van der Waals surface area contributed by atoms with Crippen molar-refractivity contribution in [3.05, 3.63) is 23.1 Å². The van der Waals surface area contributed by atoms with Crippen molar-refractivity contribution >= 4 is 29.5 Å². The van der Waals surface area contributed by atoms with E-state index in [0.717, 1.165) is 50.7 Å². The van der Waals surface area contributed by atoms with Gasteiger partial charge in [-0.3, -0.25) is 14.4 Å². The molecule has 1 saturated carbocycles. The number of Topliss-reactive ketones (excluding diaryl/α,β-unsaturated/α-hetero) is 1. The molecule has 0 aromatic carbocycles. The van der Waals surface area contributed by atoms with Crippen molar-refractivity contribution in [2.75, 3.05) is 20.0 Å². The molecule has 8 heteroatoms. The summed E-state index contributed by atoms with van der Waals surface area (Å²) in [6, 6.07) is 0. The highest BCUT2D eigenvalue weighted by atomic mass is 32.2. The second-order valence-electron chi connectivity index (χ2n) is 9.35. The van der Waals surface area contributed by atoms with Crippen LogP contribution in [-0.2, 0) is 23.9 Å². The highest BCUT2D eigenvalue weighted by Gasteiger charge is 2.39. The molecule has 7 nitrogen and oxygen atoms in total. The maximum Gasteiger partial charge on any atom is 0.305 e. The Hall–Kier alpha value is -2.08. The van der Waals surface area contributed by atoms with Crippen molar-refractivity contribution in [2.24, 2.45) is 17.8 Å². The monoisotopic (exact) mass is 520 g/mol. The third kappa shape index (κ3) is 10.1. The number of unbranched alkanes of at least 4 members (excludes halogenated alkanes) is 3. The number of allylic oxidation sites excluding steroid dienone is 3. The van der Waals surface area contributed by atoms with Gasteiger partial charge in [-0.05, 0) is 43.8 Å². The zero-order valence-electron chi connectivity index (χ0n) is 21.4. The number of carbonyl (C=O) groups is 3. The molecule has 0 bridgehead atoms. The van der Waals surface area contributed by atoms with Crippen LogP contribution in [0.4, 0.5) is 0 Å². The van der Waals surface area contributed by atoms with Gasteiger partial charge in [0, 0.05) is 30.1 Å². The SMILES string of the molecule is COC(=O)CCCC#CC(O)C1C(=O)C(SCCCCCC(=O)OC)=CC1/C=C/C(O)C1CCCC1. The minimum Gasteiger partial charge on any atom is -0.469 e. The lowest BCUT2D eigenvalue weighted by Crippen LogP contribution is -2.29. The molecular weight excluding hydrogens is 480 g/mol. The molecular formula is C28H40O7S. The number of thioether (sulfide) groups is 1. The first kappa shape index (κ1) is 30.1. The van der Waals surface area contributed by atoms with Crippen molar-refractivity contribution in [2.45, 2.75) is 82.8 Å². The first-order valence-electron chi connectivity index (χ1n) is 12.9. The lowest BCUT2D eigenvalue weighted by molar-refractivity contribution is -0.141. The van der Waals surface area contributed by atoms with E-state index in [1.54, 1.807) is 6.08 Å². The Morgan fingerprint density at radius 1 is 1.08 bits per heavy atom. The van der Waals surface area contributed by atoms with Crippen LogP contribution in [0, 0.1) is 29.6 Å². The number of hydrogen-bond acceptors (Lipinski definition) is 8. The maximum atomic E-state index is 13.2. The molecule has 0 spiro atoms. The maximum absolute atomic E-state index is 13.2. The van der Waals surface area contributed by atoms with Gasteiger partial charge in [0.1, 0.15) is 6.10 Å². The Bertz CT molecular complexity index is 848. The number of aliphatic hydroxyl groups excluding tert-OH is 2. The molecule has 4 unspecified atom stereocenters. The standard InChI is InChI=1S/C28H40O7S/c1-34-25(31)14-6-3-5-13-23(30)27-21(16-17-22(29)20-11-8-9-12-20)19-24(28(27)33)36-18-10-4-7-15-26(32)35-2/h16-17,19-23,27,29-30H,3-4,6-12,14-15,18H2,1-2H3/b17-16+. The average molecular weight is 521 g/mol. The molecule has 0 amide bonds. The summed E-state index contributed by atoms with van der Waals surface area (Å²) >= 11 is 1.47. The predicted molar refractivity (Wildman–Crippen MR) is 140 cm³/mol. The predicted octanol–water partition coefficient (Wildman–Crippen LogP) is 3.97. The Morgan fingerprint density at radius 3 is 2.42 bits per heavy atom. The molecule has 4 atom stereocenters. The van der Waals surface area contributed by atoms with Crippen LogP contribution in [0.1, 0.15) is 70.6 Å². The van der Waals surface area contributed by atoms with Crippen molar-refractivity contribution in [1.82, 2.24) is 0 Å². The molecule has 200 valence electrons. The summed E-state index contributed by atoms with van der Waals surface area (Å²) in [5, 5.41) is 21.3. The summed E-state index contributed by atoms with van der Waals surface area (Å²) in [4.78, 5) is 36.3. The fourth-order valence-electron chi connectivity index (χ4n) is 4.57. The molecule has 2 rings (SSSR count). The average Bonchev–Trinajstić information content (AvgIpc) is 3.52. The van der Waals surface area contributed by atoms with Gasteiger partial charge < -0.3 is 19.7 Å². The quantitative estimate of drug-likeness (QED) is 0.153. The van der Waals surface area contributed by atoms with E-state index in [1.165, 1.54) is 26.0 Å². The minimum atomic E-state index is -1.14. The Morgan fingerprint density at radius 2 is 1.75 bits per heavy atom. The third-order valence-corrected chi connectivity index (χ3v) is 7.87. The summed E-state index contributed by atoms with van der Waals surface area (Å²) in [5.41, 5.74) is 0. The molecule has 0 aromatic rings. The Balaban J connectivity index is 1.97. The number of esters is 2. The zero-order valence-corrected chi connectivity index (χ0v) is 22.3. The number of hydrogen-bond donors (Lipinski definition) is 2. The van der Waals surface area contributed by atoms with Crippen molar-refractivity contribution in [3.8, 4) is 11.8 Å². The molecule has 36 heavy (non-hydrogen) atoms. The van der Waals surface area contributed by atoms with Gasteiger partial charge in [-0.25, -0.2) is 0 Å². The molecule has 1 fully saturated rings. The summed E-state index contributed by atoms with van der Waals surface area (Å²) in [6.45, 7) is 0. The van der Waals surface area contributed by atoms with Crippen molar-refractivity contribution < 1.29 is 34.1 Å². The summed E-state index contributed by atoms with van der Waals surface area (Å²) in [6.07, 6.45) is 12.2. The highest BCUT2D eigenvalue weighted by Crippen LogP contribution is 2.37. The second kappa shape index (κ2) is 16.6. The van der Waals surface area contributed by atoms with E-state index in [4.69, 9.17) is 0 Å². The lowest BCUT2D eigenvalue weighted by Gasteiger charge is -2.19. The number of carbonyl (C=O) groups excluding carboxylic acids is 3. The van der Waals surface area contributed by atoms with Crippen LogP contribution in [0.25, 0.3) is 0 Å². The van der Waals surface area contributed by atoms with Crippen LogP contribution < -0.4 is 0 Å². The molecule has 0 heterocycles. The van der Waals surface area contributed by atoms with Crippen LogP contribution in [0.2, 0.25) is 0 Å². The van der Waals surface area contributed by atoms with Crippen LogP contribution >= 0.6 is 11.8 Å². The van der Waals surface area contributed by atoms with Crippen LogP contribution in [0.3, 0.4) is 0 Å². The van der Waals surface area contributed by atoms with E-state index in [2.05, 4.69) is 21.3 Å². The fraction of sp³-hybridized carbons (Fsp3) is 0.679. The number of methoxy groups -OCH3 is 2. The summed E-state index contributed by atoms with van der Waals surface area (Å²) in [7, 11) is 2.72. The van der Waals surface area contributed by atoms with Crippen LogP contribution in [0.15, 0.2) is 23.1 Å². The van der Waals surface area contributed by atoms with Gasteiger partial charge in [-0.15, -0.1) is 17.7 Å². The molecule has 0 aromatic heterocycles. The molecule has 2 N–H and O–H groups in total. The van der Waals surface area contributed by atoms with Gasteiger partial charge >= 0.3 is 11.9 Å². The first-order valence-corrected chi connectivity index (χ1v) is 13.9. The van der Waals surface area contributed by atoms with Gasteiger partial charge in [0.2, 0.25) is 0 Å². The normalized spacial score (nSPS) is 21.7. The van der Waals surface area contributed by atoms with Gasteiger partial charge in [0.25, 0.3) is 0 Å². The van der Waals surface area contributed by atoms with E-state index in [1.807, 2.05) is 12.2 Å². The van der Waals surface area contributed by atoms with E-state index < -0.39 is 18.1 Å². The first-order chi connectivity index (χ1) is 17.4. The van der Waals surface area contributed by atoms with Gasteiger partial charge in [0.15, 0.2) is 5.78 Å². The second-order valence-corrected chi connectivity index (χ2v) is 10.5. The van der Waals surface area contributed by atoms with Crippen LogP contribution in [-0.4, -0.2) is 60.1 Å². The number of ether oxygens (including phenoxy) is 2. The molecule has 2 aliphatic carbocycles. The number of ketones is 1.